The van der Waals surface area contributed by atoms with Crippen molar-refractivity contribution in [2.45, 2.75) is 31.6 Å². The minimum absolute atomic E-state index is 0.115. The molecule has 0 fully saturated rings. The molecule has 0 saturated heterocycles. The first-order valence-electron chi connectivity index (χ1n) is 6.82. The van der Waals surface area contributed by atoms with Crippen molar-refractivity contribution >= 4 is 27.5 Å². The number of hydrogen-bond donors (Lipinski definition) is 0. The van der Waals surface area contributed by atoms with E-state index in [2.05, 4.69) is 29.8 Å². The van der Waals surface area contributed by atoms with Crippen molar-refractivity contribution in [2.24, 2.45) is 0 Å². The second kappa shape index (κ2) is 6.89. The zero-order chi connectivity index (χ0) is 15.6. The van der Waals surface area contributed by atoms with Gasteiger partial charge < -0.3 is 0 Å². The summed E-state index contributed by atoms with van der Waals surface area (Å²) in [4.78, 5) is 0. The first-order chi connectivity index (χ1) is 9.93. The minimum Gasteiger partial charge on any atom is -0.206 e. The van der Waals surface area contributed by atoms with Gasteiger partial charge in [0.2, 0.25) is 0 Å². The molecule has 0 aliphatic rings. The van der Waals surface area contributed by atoms with Gasteiger partial charge in [-0.05, 0) is 35.6 Å². The van der Waals surface area contributed by atoms with E-state index < -0.39 is 17.0 Å². The number of alkyl halides is 1. The summed E-state index contributed by atoms with van der Waals surface area (Å²) < 4.78 is 28.3. The molecule has 0 aromatic heterocycles. The quantitative estimate of drug-likeness (QED) is 0.532. The molecule has 0 heterocycles. The minimum atomic E-state index is -0.843. The number of rotatable bonds is 4. The fourth-order valence-electron chi connectivity index (χ4n) is 2.19. The molecular weight excluding hydrogens is 358 g/mol. The third kappa shape index (κ3) is 3.64. The van der Waals surface area contributed by atoms with Crippen LogP contribution in [0.3, 0.4) is 0 Å². The number of benzene rings is 2. The second-order valence-corrected chi connectivity index (χ2v) is 6.47. The lowest BCUT2D eigenvalue weighted by Gasteiger charge is -2.15. The van der Waals surface area contributed by atoms with Gasteiger partial charge >= 0.3 is 0 Å². The normalized spacial score (nSPS) is 14.0. The first kappa shape index (κ1) is 16.4. The third-order valence-electron chi connectivity index (χ3n) is 3.71. The van der Waals surface area contributed by atoms with Gasteiger partial charge in [-0.3, -0.25) is 0 Å². The Hall–Kier alpha value is -0.930. The zero-order valence-corrected chi connectivity index (χ0v) is 14.2. The molecule has 0 N–H and O–H groups in total. The molecule has 2 atom stereocenters. The molecule has 0 amide bonds. The highest BCUT2D eigenvalue weighted by Gasteiger charge is 2.20. The molecule has 0 bridgehead atoms. The average molecular weight is 374 g/mol. The summed E-state index contributed by atoms with van der Waals surface area (Å²) in [5.74, 6) is -0.838. The Morgan fingerprint density at radius 3 is 2.00 bits per heavy atom. The standard InChI is InChI=1S/C17H16BrClF2/c1-3-10(2)11-4-6-12(7-5-11)17(19)16-14(20)8-13(18)9-15(16)21/h4-10,17H,3H2,1-2H3. The molecule has 2 rings (SSSR count). The fraction of sp³-hybridized carbons (Fsp3) is 0.294. The van der Waals surface area contributed by atoms with E-state index in [1.54, 1.807) is 0 Å². The average Bonchev–Trinajstić information content (AvgIpc) is 2.45. The fourth-order valence-corrected chi connectivity index (χ4v) is 2.95. The molecule has 0 radical (unpaired) electrons. The van der Waals surface area contributed by atoms with Crippen molar-refractivity contribution in [3.8, 4) is 0 Å². The van der Waals surface area contributed by atoms with Crippen LogP contribution in [0.1, 0.15) is 48.3 Å². The van der Waals surface area contributed by atoms with Crippen molar-refractivity contribution in [1.29, 1.82) is 0 Å². The molecule has 0 spiro atoms. The predicted octanol–water partition coefficient (Wildman–Crippen LogP) is 6.57. The first-order valence-corrected chi connectivity index (χ1v) is 8.05. The van der Waals surface area contributed by atoms with E-state index in [9.17, 15) is 8.78 Å². The molecule has 2 unspecified atom stereocenters. The molecule has 112 valence electrons. The van der Waals surface area contributed by atoms with E-state index in [0.717, 1.165) is 6.42 Å². The van der Waals surface area contributed by atoms with Crippen LogP contribution < -0.4 is 0 Å². The van der Waals surface area contributed by atoms with E-state index in [-0.39, 0.29) is 5.56 Å². The lowest BCUT2D eigenvalue weighted by Crippen LogP contribution is -2.02. The maximum atomic E-state index is 14.0. The summed E-state index contributed by atoms with van der Waals surface area (Å²) in [6.07, 6.45) is 1.04. The van der Waals surface area contributed by atoms with Crippen molar-refractivity contribution in [1.82, 2.24) is 0 Å². The third-order valence-corrected chi connectivity index (χ3v) is 4.64. The lowest BCUT2D eigenvalue weighted by atomic mass is 9.95. The molecule has 0 nitrogen and oxygen atoms in total. The summed E-state index contributed by atoms with van der Waals surface area (Å²) in [6.45, 7) is 4.26. The second-order valence-electron chi connectivity index (χ2n) is 5.12. The smallest absolute Gasteiger partial charge is 0.132 e. The van der Waals surface area contributed by atoms with Crippen LogP contribution in [0.4, 0.5) is 8.78 Å². The van der Waals surface area contributed by atoms with Crippen LogP contribution in [-0.2, 0) is 0 Å². The summed E-state index contributed by atoms with van der Waals surface area (Å²) in [7, 11) is 0. The van der Waals surface area contributed by atoms with Crippen LogP contribution in [0.15, 0.2) is 40.9 Å². The van der Waals surface area contributed by atoms with Crippen molar-refractivity contribution < 1.29 is 8.78 Å². The molecule has 2 aromatic rings. The molecule has 2 aromatic carbocycles. The van der Waals surface area contributed by atoms with Gasteiger partial charge in [-0.1, -0.05) is 54.0 Å². The van der Waals surface area contributed by atoms with Gasteiger partial charge in [-0.15, -0.1) is 11.6 Å². The maximum absolute atomic E-state index is 14.0. The van der Waals surface area contributed by atoms with E-state index in [4.69, 9.17) is 11.6 Å². The summed E-state index contributed by atoms with van der Waals surface area (Å²) in [5.41, 5.74) is 1.77. The summed E-state index contributed by atoms with van der Waals surface area (Å²) >= 11 is 9.33. The van der Waals surface area contributed by atoms with E-state index >= 15 is 0 Å². The van der Waals surface area contributed by atoms with Gasteiger partial charge in [-0.2, -0.15) is 0 Å². The highest BCUT2D eigenvalue weighted by molar-refractivity contribution is 9.10. The van der Waals surface area contributed by atoms with E-state index in [1.165, 1.54) is 17.7 Å². The Labute approximate surface area is 137 Å². The topological polar surface area (TPSA) is 0 Å². The summed E-state index contributed by atoms with van der Waals surface area (Å²) in [6, 6.07) is 10.0. The van der Waals surface area contributed by atoms with Gasteiger partial charge in [0.25, 0.3) is 0 Å². The Morgan fingerprint density at radius 2 is 1.52 bits per heavy atom. The van der Waals surface area contributed by atoms with Crippen molar-refractivity contribution in [3.05, 3.63) is 69.2 Å². The van der Waals surface area contributed by atoms with E-state index in [1.807, 2.05) is 24.3 Å². The monoisotopic (exact) mass is 372 g/mol. The predicted molar refractivity (Wildman–Crippen MR) is 86.9 cm³/mol. The van der Waals surface area contributed by atoms with Crippen LogP contribution in [0.5, 0.6) is 0 Å². The maximum Gasteiger partial charge on any atom is 0.132 e. The van der Waals surface area contributed by atoms with Crippen LogP contribution in [0, 0.1) is 11.6 Å². The molecule has 21 heavy (non-hydrogen) atoms. The van der Waals surface area contributed by atoms with Crippen molar-refractivity contribution in [3.63, 3.8) is 0 Å². The molecule has 0 saturated carbocycles. The summed E-state index contributed by atoms with van der Waals surface area (Å²) in [5, 5.41) is -0.843. The van der Waals surface area contributed by atoms with Gasteiger partial charge in [0.1, 0.15) is 11.6 Å². The number of hydrogen-bond acceptors (Lipinski definition) is 0. The Bertz CT molecular complexity index is 602. The Morgan fingerprint density at radius 1 is 1.05 bits per heavy atom. The number of halogens is 4. The highest BCUT2D eigenvalue weighted by atomic mass is 79.9. The van der Waals surface area contributed by atoms with Gasteiger partial charge in [0.05, 0.1) is 5.38 Å². The molecular formula is C17H16BrClF2. The highest BCUT2D eigenvalue weighted by Crippen LogP contribution is 2.34. The van der Waals surface area contributed by atoms with Gasteiger partial charge in [-0.25, -0.2) is 8.78 Å². The van der Waals surface area contributed by atoms with Crippen molar-refractivity contribution in [2.75, 3.05) is 0 Å². The lowest BCUT2D eigenvalue weighted by molar-refractivity contribution is 0.557. The van der Waals surface area contributed by atoms with Crippen LogP contribution in [-0.4, -0.2) is 0 Å². The largest absolute Gasteiger partial charge is 0.206 e. The van der Waals surface area contributed by atoms with Crippen LogP contribution >= 0.6 is 27.5 Å². The SMILES string of the molecule is CCC(C)c1ccc(C(Cl)c2c(F)cc(Br)cc2F)cc1. The zero-order valence-electron chi connectivity index (χ0n) is 11.8. The molecule has 0 aliphatic heterocycles. The van der Waals surface area contributed by atoms with Crippen LogP contribution in [0.2, 0.25) is 0 Å². The van der Waals surface area contributed by atoms with Gasteiger partial charge in [0.15, 0.2) is 0 Å². The van der Waals surface area contributed by atoms with Gasteiger partial charge in [0, 0.05) is 10.0 Å². The molecule has 0 aliphatic carbocycles. The van der Waals surface area contributed by atoms with Crippen LogP contribution in [0.25, 0.3) is 0 Å². The Balaban J connectivity index is 2.34. The Kier molecular flexibility index (Phi) is 5.39. The molecule has 4 heteroatoms. The van der Waals surface area contributed by atoms with E-state index in [0.29, 0.717) is 16.0 Å².